The Kier molecular flexibility index (Phi) is 3.88. The van der Waals surface area contributed by atoms with Gasteiger partial charge in [0.05, 0.1) is 0 Å². The smallest absolute Gasteiger partial charge is 0.252 e. The molecule has 1 unspecified atom stereocenters. The van der Waals surface area contributed by atoms with E-state index < -0.39 is 0 Å². The lowest BCUT2D eigenvalue weighted by molar-refractivity contribution is 0.0914. The highest BCUT2D eigenvalue weighted by Crippen LogP contribution is 2.22. The minimum Gasteiger partial charge on any atom is -0.348 e. The average Bonchev–Trinajstić information content (AvgIpc) is 2.48. The van der Waals surface area contributed by atoms with Gasteiger partial charge in [0.15, 0.2) is 0 Å². The summed E-state index contributed by atoms with van der Waals surface area (Å²) in [6, 6.07) is 10.2. The van der Waals surface area contributed by atoms with E-state index in [0.717, 1.165) is 25.9 Å². The molecular weight excluding hydrogens is 267 g/mol. The molecule has 1 fully saturated rings. The van der Waals surface area contributed by atoms with E-state index in [2.05, 4.69) is 17.3 Å². The molecule has 1 amide bonds. The number of amides is 1. The molecule has 0 saturated carbocycles. The number of nitrogens with one attached hydrogen (secondary N) is 1. The zero-order valence-corrected chi connectivity index (χ0v) is 12.1. The van der Waals surface area contributed by atoms with Gasteiger partial charge in [-0.2, -0.15) is 0 Å². The zero-order valence-electron chi connectivity index (χ0n) is 12.1. The van der Waals surface area contributed by atoms with Crippen molar-refractivity contribution in [3.63, 3.8) is 0 Å². The number of carbonyl (C=O) groups is 1. The first-order valence-corrected chi connectivity index (χ1v) is 7.32. The molecule has 0 aromatic heterocycles. The van der Waals surface area contributed by atoms with E-state index in [1.807, 2.05) is 6.07 Å². The number of piperidine rings is 1. The number of carbonyl (C=O) groups excluding carboxylic acids is 1. The fourth-order valence-corrected chi connectivity index (χ4v) is 3.01. The Morgan fingerprint density at radius 1 is 1.24 bits per heavy atom. The average molecular weight is 286 g/mol. The van der Waals surface area contributed by atoms with Crippen molar-refractivity contribution in [2.75, 3.05) is 20.1 Å². The Bertz CT molecular complexity index is 671. The third kappa shape index (κ3) is 2.90. The van der Waals surface area contributed by atoms with E-state index >= 15 is 0 Å². The van der Waals surface area contributed by atoms with Crippen LogP contribution in [0.2, 0.25) is 0 Å². The van der Waals surface area contributed by atoms with Crippen LogP contribution in [0.1, 0.15) is 23.2 Å². The zero-order chi connectivity index (χ0) is 14.8. The maximum Gasteiger partial charge on any atom is 0.252 e. The highest BCUT2D eigenvalue weighted by Gasteiger charge is 2.20. The lowest BCUT2D eigenvalue weighted by Gasteiger charge is -2.30. The van der Waals surface area contributed by atoms with E-state index in [0.29, 0.717) is 16.3 Å². The van der Waals surface area contributed by atoms with Gasteiger partial charge in [-0.25, -0.2) is 4.39 Å². The fraction of sp³-hybridized carbons (Fsp3) is 0.353. The lowest BCUT2D eigenvalue weighted by atomic mass is 10.0. The fourth-order valence-electron chi connectivity index (χ4n) is 3.01. The molecule has 1 atom stereocenters. The van der Waals surface area contributed by atoms with Gasteiger partial charge >= 0.3 is 0 Å². The van der Waals surface area contributed by atoms with Gasteiger partial charge in [0.1, 0.15) is 5.82 Å². The summed E-state index contributed by atoms with van der Waals surface area (Å²) in [7, 11) is 2.06. The summed E-state index contributed by atoms with van der Waals surface area (Å²) in [6.45, 7) is 1.94. The molecule has 1 aliphatic rings. The first kappa shape index (κ1) is 14.0. The van der Waals surface area contributed by atoms with Crippen molar-refractivity contribution in [1.29, 1.82) is 0 Å². The molecule has 4 heteroatoms. The van der Waals surface area contributed by atoms with Crippen LogP contribution in [0.3, 0.4) is 0 Å². The minimum atomic E-state index is -0.292. The Hall–Kier alpha value is -1.94. The number of hydrogen-bond donors (Lipinski definition) is 1. The van der Waals surface area contributed by atoms with Crippen LogP contribution in [0.25, 0.3) is 10.8 Å². The Morgan fingerprint density at radius 2 is 2.00 bits per heavy atom. The molecule has 1 saturated heterocycles. The van der Waals surface area contributed by atoms with Crippen LogP contribution in [-0.2, 0) is 0 Å². The number of hydrogen-bond acceptors (Lipinski definition) is 2. The van der Waals surface area contributed by atoms with Gasteiger partial charge in [-0.1, -0.05) is 24.3 Å². The van der Waals surface area contributed by atoms with E-state index in [1.165, 1.54) is 6.07 Å². The molecule has 2 aromatic carbocycles. The van der Waals surface area contributed by atoms with Crippen LogP contribution >= 0.6 is 0 Å². The van der Waals surface area contributed by atoms with Crippen molar-refractivity contribution in [3.05, 3.63) is 47.8 Å². The van der Waals surface area contributed by atoms with Crippen molar-refractivity contribution < 1.29 is 9.18 Å². The van der Waals surface area contributed by atoms with Crippen LogP contribution in [0.4, 0.5) is 4.39 Å². The molecule has 110 valence electrons. The first-order valence-electron chi connectivity index (χ1n) is 7.32. The molecular formula is C17H19FN2O. The van der Waals surface area contributed by atoms with Crippen LogP contribution in [0.15, 0.2) is 36.4 Å². The summed E-state index contributed by atoms with van der Waals surface area (Å²) < 4.78 is 13.8. The first-order chi connectivity index (χ1) is 10.1. The molecule has 0 bridgehead atoms. The maximum atomic E-state index is 13.8. The molecule has 1 heterocycles. The summed E-state index contributed by atoms with van der Waals surface area (Å²) in [5.41, 5.74) is 0.542. The Balaban J connectivity index is 1.86. The molecule has 3 nitrogen and oxygen atoms in total. The van der Waals surface area contributed by atoms with Gasteiger partial charge in [0, 0.05) is 23.5 Å². The minimum absolute atomic E-state index is 0.119. The highest BCUT2D eigenvalue weighted by molar-refractivity contribution is 6.07. The van der Waals surface area contributed by atoms with E-state index in [1.54, 1.807) is 24.3 Å². The van der Waals surface area contributed by atoms with Gasteiger partial charge in [-0.3, -0.25) is 4.79 Å². The van der Waals surface area contributed by atoms with E-state index in [4.69, 9.17) is 0 Å². The normalized spacial score (nSPS) is 19.6. The van der Waals surface area contributed by atoms with Crippen LogP contribution in [0, 0.1) is 5.82 Å². The van der Waals surface area contributed by atoms with Gasteiger partial charge in [-0.15, -0.1) is 0 Å². The van der Waals surface area contributed by atoms with Crippen molar-refractivity contribution in [2.24, 2.45) is 0 Å². The third-order valence-corrected chi connectivity index (χ3v) is 4.08. The van der Waals surface area contributed by atoms with Gasteiger partial charge in [0.25, 0.3) is 5.91 Å². The second-order valence-corrected chi connectivity index (χ2v) is 5.72. The van der Waals surface area contributed by atoms with Crippen LogP contribution in [-0.4, -0.2) is 37.0 Å². The Labute approximate surface area is 123 Å². The van der Waals surface area contributed by atoms with Gasteiger partial charge in [0.2, 0.25) is 0 Å². The largest absolute Gasteiger partial charge is 0.348 e. The van der Waals surface area contributed by atoms with E-state index in [-0.39, 0.29) is 17.8 Å². The molecule has 1 N–H and O–H groups in total. The number of likely N-dealkylation sites (tertiary alicyclic amines) is 1. The van der Waals surface area contributed by atoms with Crippen LogP contribution in [0.5, 0.6) is 0 Å². The molecule has 3 rings (SSSR count). The molecule has 2 aromatic rings. The number of rotatable bonds is 2. The number of likely N-dealkylation sites (N-methyl/N-ethyl adjacent to an activating group) is 1. The lowest BCUT2D eigenvalue weighted by Crippen LogP contribution is -2.46. The maximum absolute atomic E-state index is 13.8. The number of fused-ring (bicyclic) bond motifs is 1. The molecule has 0 spiro atoms. The highest BCUT2D eigenvalue weighted by atomic mass is 19.1. The Morgan fingerprint density at radius 3 is 2.76 bits per heavy atom. The quantitative estimate of drug-likeness (QED) is 0.920. The second-order valence-electron chi connectivity index (χ2n) is 5.72. The summed E-state index contributed by atoms with van der Waals surface area (Å²) in [4.78, 5) is 14.7. The number of benzene rings is 2. The predicted molar refractivity (Wildman–Crippen MR) is 81.9 cm³/mol. The molecule has 0 radical (unpaired) electrons. The summed E-state index contributed by atoms with van der Waals surface area (Å²) in [5.74, 6) is -0.411. The van der Waals surface area contributed by atoms with Crippen molar-refractivity contribution >= 4 is 16.7 Å². The van der Waals surface area contributed by atoms with Crippen molar-refractivity contribution in [1.82, 2.24) is 10.2 Å². The van der Waals surface area contributed by atoms with E-state index in [9.17, 15) is 9.18 Å². The monoisotopic (exact) mass is 286 g/mol. The molecule has 0 aliphatic carbocycles. The SMILES string of the molecule is CN1CCCC(NC(=O)c2ccc(F)c3ccccc23)C1. The van der Waals surface area contributed by atoms with Gasteiger partial charge < -0.3 is 10.2 Å². The standard InChI is InChI=1S/C17H19FN2O/c1-20-10-4-5-12(11-20)19-17(21)15-8-9-16(18)14-7-3-2-6-13(14)15/h2-3,6-9,12H,4-5,10-11H2,1H3,(H,19,21). The van der Waals surface area contributed by atoms with Gasteiger partial charge in [-0.05, 0) is 44.0 Å². The van der Waals surface area contributed by atoms with Crippen molar-refractivity contribution in [3.8, 4) is 0 Å². The molecule has 1 aliphatic heterocycles. The second kappa shape index (κ2) is 5.82. The third-order valence-electron chi connectivity index (χ3n) is 4.08. The summed E-state index contributed by atoms with van der Waals surface area (Å²) in [5, 5.41) is 4.23. The molecule has 21 heavy (non-hydrogen) atoms. The summed E-state index contributed by atoms with van der Waals surface area (Å²) >= 11 is 0. The number of nitrogens with zero attached hydrogens (tertiary/aromatic N) is 1. The topological polar surface area (TPSA) is 32.3 Å². The summed E-state index contributed by atoms with van der Waals surface area (Å²) in [6.07, 6.45) is 2.08. The van der Waals surface area contributed by atoms with Crippen molar-refractivity contribution in [2.45, 2.75) is 18.9 Å². The number of halogens is 1. The van der Waals surface area contributed by atoms with Crippen LogP contribution < -0.4 is 5.32 Å². The predicted octanol–water partition coefficient (Wildman–Crippen LogP) is 2.80.